The van der Waals surface area contributed by atoms with E-state index >= 15 is 0 Å². The van der Waals surface area contributed by atoms with Crippen molar-refractivity contribution in [2.75, 3.05) is 13.2 Å². The van der Waals surface area contributed by atoms with Crippen molar-refractivity contribution in [3.8, 4) is 0 Å². The molecule has 1 aliphatic heterocycles. The van der Waals surface area contributed by atoms with Crippen molar-refractivity contribution in [3.05, 3.63) is 0 Å². The third-order valence-corrected chi connectivity index (χ3v) is 3.41. The first-order valence-electron chi connectivity index (χ1n) is 7.48. The number of rotatable bonds is 6. The van der Waals surface area contributed by atoms with Gasteiger partial charge in [0, 0.05) is 25.6 Å². The molecule has 6 heteroatoms. The zero-order chi connectivity index (χ0) is 16.0. The summed E-state index contributed by atoms with van der Waals surface area (Å²) in [5.41, 5.74) is -0.316. The molecule has 0 bridgehead atoms. The van der Waals surface area contributed by atoms with E-state index < -0.39 is 12.0 Å². The van der Waals surface area contributed by atoms with Gasteiger partial charge >= 0.3 is 5.97 Å². The minimum absolute atomic E-state index is 0.0435. The molecule has 1 aliphatic rings. The Hall–Kier alpha value is -1.14. The zero-order valence-corrected chi connectivity index (χ0v) is 13.3. The van der Waals surface area contributed by atoms with Crippen molar-refractivity contribution in [3.63, 3.8) is 0 Å². The van der Waals surface area contributed by atoms with Gasteiger partial charge in [-0.25, -0.2) is 4.79 Å². The number of hydrogen-bond donors (Lipinski definition) is 2. The van der Waals surface area contributed by atoms with Gasteiger partial charge in [0.2, 0.25) is 5.91 Å². The van der Waals surface area contributed by atoms with Crippen LogP contribution < -0.4 is 5.32 Å². The van der Waals surface area contributed by atoms with Crippen LogP contribution in [0.15, 0.2) is 0 Å². The van der Waals surface area contributed by atoms with E-state index in [0.717, 1.165) is 0 Å². The second-order valence-corrected chi connectivity index (χ2v) is 6.55. The molecule has 0 aromatic carbocycles. The highest BCUT2D eigenvalue weighted by Crippen LogP contribution is 2.20. The maximum absolute atomic E-state index is 12.1. The Bertz CT molecular complexity index is 364. The molecular formula is C15H27NO5. The Balaban J connectivity index is 2.46. The highest BCUT2D eigenvalue weighted by molar-refractivity contribution is 5.85. The van der Waals surface area contributed by atoms with Crippen molar-refractivity contribution >= 4 is 11.9 Å². The lowest BCUT2D eigenvalue weighted by Gasteiger charge is -2.28. The van der Waals surface area contributed by atoms with Gasteiger partial charge in [-0.05, 0) is 40.5 Å². The van der Waals surface area contributed by atoms with Crippen LogP contribution >= 0.6 is 0 Å². The van der Waals surface area contributed by atoms with Gasteiger partial charge in [0.05, 0.1) is 11.7 Å². The minimum Gasteiger partial charge on any atom is -0.480 e. The third-order valence-electron chi connectivity index (χ3n) is 3.41. The van der Waals surface area contributed by atoms with Gasteiger partial charge in [0.25, 0.3) is 0 Å². The molecule has 1 amide bonds. The quantitative estimate of drug-likeness (QED) is 0.778. The Labute approximate surface area is 126 Å². The van der Waals surface area contributed by atoms with Crippen LogP contribution in [-0.4, -0.2) is 47.9 Å². The molecule has 122 valence electrons. The van der Waals surface area contributed by atoms with E-state index in [-0.39, 0.29) is 30.0 Å². The maximum atomic E-state index is 12.1. The Morgan fingerprint density at radius 1 is 1.43 bits per heavy atom. The van der Waals surface area contributed by atoms with Gasteiger partial charge < -0.3 is 19.9 Å². The second-order valence-electron chi connectivity index (χ2n) is 6.55. The molecule has 0 aromatic rings. The van der Waals surface area contributed by atoms with Crippen molar-refractivity contribution in [2.45, 2.75) is 64.7 Å². The number of hydrogen-bond acceptors (Lipinski definition) is 4. The van der Waals surface area contributed by atoms with E-state index in [1.165, 1.54) is 0 Å². The molecule has 0 aromatic heterocycles. The van der Waals surface area contributed by atoms with Crippen molar-refractivity contribution in [2.24, 2.45) is 5.92 Å². The van der Waals surface area contributed by atoms with E-state index in [1.54, 1.807) is 0 Å². The van der Waals surface area contributed by atoms with Crippen LogP contribution in [0.5, 0.6) is 0 Å². The fourth-order valence-corrected chi connectivity index (χ4v) is 2.27. The van der Waals surface area contributed by atoms with E-state index in [9.17, 15) is 14.7 Å². The lowest BCUT2D eigenvalue weighted by molar-refractivity contribution is -0.144. The summed E-state index contributed by atoms with van der Waals surface area (Å²) in [6.07, 6.45) is 1.58. The summed E-state index contributed by atoms with van der Waals surface area (Å²) in [4.78, 5) is 23.4. The van der Waals surface area contributed by atoms with Crippen LogP contribution in [0.25, 0.3) is 0 Å². The van der Waals surface area contributed by atoms with Gasteiger partial charge in [0.15, 0.2) is 0 Å². The SMILES string of the molecule is CC1CC(C(=O)NC(CCOC(C)(C)C)C(=O)O)CCO1. The number of carboxylic acids is 1. The van der Waals surface area contributed by atoms with Gasteiger partial charge in [-0.15, -0.1) is 0 Å². The summed E-state index contributed by atoms with van der Waals surface area (Å²) in [5.74, 6) is -1.39. The molecule has 1 saturated heterocycles. The molecule has 1 heterocycles. The first-order chi connectivity index (χ1) is 9.69. The number of carbonyl (C=O) groups excluding carboxylic acids is 1. The molecule has 0 aliphatic carbocycles. The molecule has 0 saturated carbocycles. The second kappa shape index (κ2) is 7.75. The molecule has 6 nitrogen and oxygen atoms in total. The first-order valence-corrected chi connectivity index (χ1v) is 7.48. The lowest BCUT2D eigenvalue weighted by Crippen LogP contribution is -2.46. The molecule has 2 N–H and O–H groups in total. The standard InChI is InChI=1S/C15H27NO5/c1-10-9-11(5-7-20-10)13(17)16-12(14(18)19)6-8-21-15(2,3)4/h10-12H,5-9H2,1-4H3,(H,16,17)(H,18,19). The van der Waals surface area contributed by atoms with E-state index in [1.807, 2.05) is 27.7 Å². The summed E-state index contributed by atoms with van der Waals surface area (Å²) in [6.45, 7) is 8.49. The Kier molecular flexibility index (Phi) is 6.61. The predicted octanol–water partition coefficient (Wildman–Crippen LogP) is 1.58. The highest BCUT2D eigenvalue weighted by Gasteiger charge is 2.29. The lowest BCUT2D eigenvalue weighted by atomic mass is 9.95. The molecule has 3 unspecified atom stereocenters. The fourth-order valence-electron chi connectivity index (χ4n) is 2.27. The first kappa shape index (κ1) is 17.9. The van der Waals surface area contributed by atoms with Crippen molar-refractivity contribution < 1.29 is 24.2 Å². The van der Waals surface area contributed by atoms with Crippen molar-refractivity contribution in [1.82, 2.24) is 5.32 Å². The van der Waals surface area contributed by atoms with Crippen LogP contribution in [0.1, 0.15) is 47.0 Å². The number of aliphatic carboxylic acids is 1. The van der Waals surface area contributed by atoms with Crippen LogP contribution in [-0.2, 0) is 19.1 Å². The number of carbonyl (C=O) groups is 2. The zero-order valence-electron chi connectivity index (χ0n) is 13.3. The van der Waals surface area contributed by atoms with Crippen LogP contribution in [0.4, 0.5) is 0 Å². The summed E-state index contributed by atoms with van der Waals surface area (Å²) in [5, 5.41) is 11.8. The van der Waals surface area contributed by atoms with Gasteiger partial charge in [-0.2, -0.15) is 0 Å². The van der Waals surface area contributed by atoms with Crippen LogP contribution in [0, 0.1) is 5.92 Å². The number of amides is 1. The Morgan fingerprint density at radius 3 is 2.62 bits per heavy atom. The molecule has 3 atom stereocenters. The molecule has 1 fully saturated rings. The topological polar surface area (TPSA) is 84.9 Å². The van der Waals surface area contributed by atoms with E-state index in [2.05, 4.69) is 5.32 Å². The average Bonchev–Trinajstić information content (AvgIpc) is 2.35. The number of ether oxygens (including phenoxy) is 2. The monoisotopic (exact) mass is 301 g/mol. The molecule has 21 heavy (non-hydrogen) atoms. The minimum atomic E-state index is -1.03. The number of carboxylic acid groups (broad SMARTS) is 1. The molecule has 1 rings (SSSR count). The van der Waals surface area contributed by atoms with E-state index in [0.29, 0.717) is 26.1 Å². The third kappa shape index (κ3) is 6.91. The van der Waals surface area contributed by atoms with Crippen molar-refractivity contribution in [1.29, 1.82) is 0 Å². The fraction of sp³-hybridized carbons (Fsp3) is 0.867. The molecular weight excluding hydrogens is 274 g/mol. The van der Waals surface area contributed by atoms with Crippen LogP contribution in [0.2, 0.25) is 0 Å². The summed E-state index contributed by atoms with van der Waals surface area (Å²) in [6, 6.07) is -0.905. The highest BCUT2D eigenvalue weighted by atomic mass is 16.5. The van der Waals surface area contributed by atoms with Gasteiger partial charge in [0.1, 0.15) is 6.04 Å². The maximum Gasteiger partial charge on any atom is 0.326 e. The largest absolute Gasteiger partial charge is 0.480 e. The normalized spacial score (nSPS) is 24.4. The predicted molar refractivity (Wildman–Crippen MR) is 78.0 cm³/mol. The average molecular weight is 301 g/mol. The van der Waals surface area contributed by atoms with Gasteiger partial charge in [-0.3, -0.25) is 4.79 Å². The Morgan fingerprint density at radius 2 is 2.10 bits per heavy atom. The summed E-state index contributed by atoms with van der Waals surface area (Å²) >= 11 is 0. The molecule has 0 radical (unpaired) electrons. The van der Waals surface area contributed by atoms with Gasteiger partial charge in [-0.1, -0.05) is 0 Å². The number of nitrogens with one attached hydrogen (secondary N) is 1. The molecule has 0 spiro atoms. The van der Waals surface area contributed by atoms with E-state index in [4.69, 9.17) is 9.47 Å². The van der Waals surface area contributed by atoms with Crippen LogP contribution in [0.3, 0.4) is 0 Å². The smallest absolute Gasteiger partial charge is 0.326 e. The summed E-state index contributed by atoms with van der Waals surface area (Å²) in [7, 11) is 0. The summed E-state index contributed by atoms with van der Waals surface area (Å²) < 4.78 is 10.9.